The van der Waals surface area contributed by atoms with Crippen LogP contribution in [0.4, 0.5) is 17.6 Å². The van der Waals surface area contributed by atoms with Crippen molar-refractivity contribution in [1.82, 2.24) is 14.6 Å². The second-order valence-corrected chi connectivity index (χ2v) is 9.76. The Hall–Kier alpha value is -3.52. The predicted octanol–water partition coefficient (Wildman–Crippen LogP) is 3.63. The molecule has 1 unspecified atom stereocenters. The fourth-order valence-corrected chi connectivity index (χ4v) is 5.34. The summed E-state index contributed by atoms with van der Waals surface area (Å²) in [7, 11) is 0. The number of ether oxygens (including phenoxy) is 1. The van der Waals surface area contributed by atoms with Crippen molar-refractivity contribution in [2.45, 2.75) is 13.1 Å². The molecule has 2 aromatic carbocycles. The molecule has 0 aliphatic heterocycles. The second kappa shape index (κ2) is 9.38. The summed E-state index contributed by atoms with van der Waals surface area (Å²) < 4.78 is 59.0. The molecule has 0 aliphatic rings. The van der Waals surface area contributed by atoms with Gasteiger partial charge in [0.1, 0.15) is 0 Å². The van der Waals surface area contributed by atoms with E-state index in [1.807, 2.05) is 0 Å². The number of benzene rings is 2. The molecule has 0 N–H and O–H groups in total. The molecule has 0 fully saturated rings. The van der Waals surface area contributed by atoms with Gasteiger partial charge in [-0.2, -0.15) is 0 Å². The molecule has 34 heavy (non-hydrogen) atoms. The summed E-state index contributed by atoms with van der Waals surface area (Å²) in [6, 6.07) is 10.9. The Morgan fingerprint density at radius 1 is 1.12 bits per heavy atom. The van der Waals surface area contributed by atoms with Gasteiger partial charge in [0.2, 0.25) is 0 Å². The first kappa shape index (κ1) is 23.6. The minimum atomic E-state index is -4.83. The van der Waals surface area contributed by atoms with Gasteiger partial charge in [0.25, 0.3) is 0 Å². The van der Waals surface area contributed by atoms with Gasteiger partial charge >= 0.3 is 197 Å². The van der Waals surface area contributed by atoms with E-state index >= 15 is 0 Å². The van der Waals surface area contributed by atoms with E-state index in [1.54, 1.807) is 37.3 Å². The van der Waals surface area contributed by atoms with Gasteiger partial charge in [-0.3, -0.25) is 0 Å². The summed E-state index contributed by atoms with van der Waals surface area (Å²) in [5.41, 5.74) is 0.324. The van der Waals surface area contributed by atoms with Crippen LogP contribution in [0, 0.1) is 5.82 Å². The number of esters is 1. The van der Waals surface area contributed by atoms with Crippen LogP contribution in [0.25, 0.3) is 16.9 Å². The van der Waals surface area contributed by atoms with Crippen molar-refractivity contribution >= 4 is 36.3 Å². The Balaban J connectivity index is 1.62. The number of carbonyl (C=O) groups is 2. The van der Waals surface area contributed by atoms with E-state index in [1.165, 1.54) is 16.9 Å². The van der Waals surface area contributed by atoms with Crippen LogP contribution in [-0.2, 0) is 10.9 Å². The van der Waals surface area contributed by atoms with Crippen LogP contribution in [-0.4, -0.2) is 47.5 Å². The normalized spacial score (nSPS) is 11.9. The Labute approximate surface area is 197 Å². The quantitative estimate of drug-likeness (QED) is 0.215. The minimum absolute atomic E-state index is 0.103. The number of aromatic nitrogens is 3. The number of rotatable bonds is 6. The van der Waals surface area contributed by atoms with Crippen LogP contribution in [0.15, 0.2) is 60.9 Å². The summed E-state index contributed by atoms with van der Waals surface area (Å²) in [5.74, 6) is -2.02. The summed E-state index contributed by atoms with van der Waals surface area (Å²) in [5, 5.41) is 4.24. The van der Waals surface area contributed by atoms with Crippen LogP contribution in [0.5, 0.6) is 0 Å². The molecule has 0 saturated heterocycles. The van der Waals surface area contributed by atoms with Crippen LogP contribution >= 0.6 is 0 Å². The first-order valence-electron chi connectivity index (χ1n) is 9.97. The van der Waals surface area contributed by atoms with E-state index < -0.39 is 43.8 Å². The fraction of sp³-hybridized carbons (Fsp3) is 0.130. The topological polar surface area (TPSA) is 73.6 Å². The van der Waals surface area contributed by atoms with Crippen LogP contribution in [0.3, 0.4) is 0 Å². The van der Waals surface area contributed by atoms with Gasteiger partial charge < -0.3 is 0 Å². The van der Waals surface area contributed by atoms with Crippen LogP contribution in [0.1, 0.15) is 33.2 Å². The molecule has 0 bridgehead atoms. The molecule has 4 aromatic rings. The van der Waals surface area contributed by atoms with Crippen molar-refractivity contribution in [3.63, 3.8) is 0 Å². The zero-order valence-electron chi connectivity index (χ0n) is 17.6. The van der Waals surface area contributed by atoms with Gasteiger partial charge in [0.15, 0.2) is 0 Å². The zero-order chi connectivity index (χ0) is 24.5. The SMILES string of the molecule is CCOC(=O)c1cnn2c(-c3cccc([AsH]C(=O)c4ccc(C(F)(F)F)c(F)c4)c3)ccnc12. The molecule has 174 valence electrons. The van der Waals surface area contributed by atoms with Crippen molar-refractivity contribution < 1.29 is 31.9 Å². The Morgan fingerprint density at radius 3 is 2.62 bits per heavy atom. The number of alkyl halides is 3. The number of hydrogen-bond donors (Lipinski definition) is 0. The third-order valence-corrected chi connectivity index (χ3v) is 7.19. The predicted molar refractivity (Wildman–Crippen MR) is 117 cm³/mol. The van der Waals surface area contributed by atoms with E-state index in [0.29, 0.717) is 33.4 Å². The Kier molecular flexibility index (Phi) is 6.52. The molecule has 6 nitrogen and oxygen atoms in total. The van der Waals surface area contributed by atoms with E-state index in [-0.39, 0.29) is 17.7 Å². The van der Waals surface area contributed by atoms with Gasteiger partial charge in [0, 0.05) is 0 Å². The van der Waals surface area contributed by atoms with Gasteiger partial charge in [0.05, 0.1) is 0 Å². The number of carbonyl (C=O) groups excluding carboxylic acids is 2. The van der Waals surface area contributed by atoms with Crippen molar-refractivity contribution in [1.29, 1.82) is 0 Å². The molecule has 4 rings (SSSR count). The molecule has 0 amide bonds. The molecule has 2 aromatic heterocycles. The number of halogens is 4. The van der Waals surface area contributed by atoms with Crippen molar-refractivity contribution in [2.24, 2.45) is 0 Å². The fourth-order valence-electron chi connectivity index (χ4n) is 3.31. The van der Waals surface area contributed by atoms with Gasteiger partial charge in [-0.05, 0) is 0 Å². The van der Waals surface area contributed by atoms with E-state index in [2.05, 4.69) is 10.1 Å². The van der Waals surface area contributed by atoms with Crippen molar-refractivity contribution in [2.75, 3.05) is 6.61 Å². The van der Waals surface area contributed by atoms with E-state index in [4.69, 9.17) is 4.74 Å². The third kappa shape index (κ3) is 4.72. The van der Waals surface area contributed by atoms with Crippen molar-refractivity contribution in [3.05, 3.63) is 83.4 Å². The maximum absolute atomic E-state index is 13.9. The Bertz CT molecular complexity index is 1400. The molecular formula is C23H16AsF4N3O3. The summed E-state index contributed by atoms with van der Waals surface area (Å²) in [6.07, 6.45) is -1.94. The standard InChI is InChI=1S/C23H16AsF4N3O3/c1-2-34-22(33)16-12-30-31-19(8-9-29-21(16)31)13-4-3-5-15(10-13)24-20(32)14-6-7-17(18(25)11-14)23(26,27)28/h3-12,24H,2H2,1H3. The summed E-state index contributed by atoms with van der Waals surface area (Å²) in [6.45, 7) is 1.90. The van der Waals surface area contributed by atoms with Crippen molar-refractivity contribution in [3.8, 4) is 11.3 Å². The van der Waals surface area contributed by atoms with Crippen LogP contribution < -0.4 is 4.35 Å². The molecule has 11 heteroatoms. The van der Waals surface area contributed by atoms with Gasteiger partial charge in [-0.1, -0.05) is 0 Å². The number of fused-ring (bicyclic) bond motifs is 1. The molecule has 0 aliphatic carbocycles. The summed E-state index contributed by atoms with van der Waals surface area (Å²) >= 11 is -1.50. The monoisotopic (exact) mass is 533 g/mol. The Morgan fingerprint density at radius 2 is 1.91 bits per heavy atom. The molecule has 0 spiro atoms. The molecule has 0 saturated carbocycles. The molecule has 2 heterocycles. The van der Waals surface area contributed by atoms with E-state index in [0.717, 1.165) is 6.07 Å². The number of nitrogens with zero attached hydrogens (tertiary/aromatic N) is 3. The zero-order valence-corrected chi connectivity index (χ0v) is 19.7. The van der Waals surface area contributed by atoms with Crippen LogP contribution in [0.2, 0.25) is 0 Å². The van der Waals surface area contributed by atoms with Gasteiger partial charge in [-0.15, -0.1) is 0 Å². The van der Waals surface area contributed by atoms with Gasteiger partial charge in [-0.25, -0.2) is 0 Å². The second-order valence-electron chi connectivity index (χ2n) is 7.07. The first-order chi connectivity index (χ1) is 16.2. The molecule has 1 atom stereocenters. The average molecular weight is 533 g/mol. The third-order valence-electron chi connectivity index (χ3n) is 4.85. The summed E-state index contributed by atoms with van der Waals surface area (Å²) in [4.78, 5) is 29.0. The maximum atomic E-state index is 13.9. The first-order valence-corrected chi connectivity index (χ1v) is 12.1. The number of hydrogen-bond acceptors (Lipinski definition) is 5. The van der Waals surface area contributed by atoms with E-state index in [9.17, 15) is 27.2 Å². The molecular weight excluding hydrogens is 517 g/mol. The average Bonchev–Trinajstić information content (AvgIpc) is 3.23. The molecule has 0 radical (unpaired) electrons.